The highest BCUT2D eigenvalue weighted by atomic mass is 16.7. The highest BCUT2D eigenvalue weighted by Crippen LogP contribution is 2.56. The van der Waals surface area contributed by atoms with Crippen LogP contribution in [0.1, 0.15) is 88.3 Å². The second kappa shape index (κ2) is 9.68. The zero-order valence-corrected chi connectivity index (χ0v) is 22.5. The molecule has 2 aromatic carbocycles. The summed E-state index contributed by atoms with van der Waals surface area (Å²) < 4.78 is 12.1. The van der Waals surface area contributed by atoms with Gasteiger partial charge in [0.05, 0.1) is 46.2 Å². The Balaban J connectivity index is 1.69. The van der Waals surface area contributed by atoms with Crippen LogP contribution in [0.25, 0.3) is 0 Å². The van der Waals surface area contributed by atoms with Crippen LogP contribution in [0.3, 0.4) is 0 Å². The van der Waals surface area contributed by atoms with Gasteiger partial charge in [-0.05, 0) is 39.6 Å². The van der Waals surface area contributed by atoms with Crippen LogP contribution < -0.4 is 0 Å². The second-order valence-corrected chi connectivity index (χ2v) is 11.0. The molecule has 12 nitrogen and oxygen atoms in total. The molecule has 0 radical (unpaired) electrons. The highest BCUT2D eigenvalue weighted by molar-refractivity contribution is 6.32. The summed E-state index contributed by atoms with van der Waals surface area (Å²) in [6, 6.07) is 1.68. The molecule has 0 amide bonds. The number of phenolic OH excluding ortho intramolecular Hbond substituents is 4. The molecule has 2 aromatic rings. The maximum atomic E-state index is 13.5. The summed E-state index contributed by atoms with van der Waals surface area (Å²) in [5.41, 5.74) is -4.88. The largest absolute Gasteiger partial charge is 0.507 e. The molecule has 0 saturated carbocycles. The number of carbonyl (C=O) groups is 2. The monoisotopic (exact) mass is 559 g/mol. The fourth-order valence-electron chi connectivity index (χ4n) is 6.17. The lowest BCUT2D eigenvalue weighted by Crippen LogP contribution is -2.54. The third-order valence-corrected chi connectivity index (χ3v) is 8.50. The summed E-state index contributed by atoms with van der Waals surface area (Å²) in [4.78, 5) is 28.8. The van der Waals surface area contributed by atoms with Crippen molar-refractivity contribution in [2.75, 3.05) is 14.1 Å². The van der Waals surface area contributed by atoms with Gasteiger partial charge in [-0.15, -0.1) is 0 Å². The van der Waals surface area contributed by atoms with Crippen molar-refractivity contribution in [1.29, 1.82) is 0 Å². The molecule has 216 valence electrons. The van der Waals surface area contributed by atoms with Gasteiger partial charge in [0, 0.05) is 30.0 Å². The Labute approximate surface area is 229 Å². The number of aliphatic hydroxyl groups excluding tert-OH is 2. The number of hydrogen-bond acceptors (Lipinski definition) is 12. The van der Waals surface area contributed by atoms with Crippen molar-refractivity contribution >= 4 is 11.6 Å². The SMILES string of the molecule is CC[C@@]1(O)C[C@H](OC2CC(N(C)C)C(O)C(C)O2)c2c(O)c3c(c(O)c2[C@H]1O)C(=O)c1c(O)ccc(O)c1C3=O. The van der Waals surface area contributed by atoms with E-state index in [1.807, 2.05) is 4.90 Å². The number of fused-ring (bicyclic) bond motifs is 3. The van der Waals surface area contributed by atoms with Crippen molar-refractivity contribution in [3.63, 3.8) is 0 Å². The molecule has 0 spiro atoms. The molecule has 0 aromatic heterocycles. The van der Waals surface area contributed by atoms with Gasteiger partial charge in [0.15, 0.2) is 6.29 Å². The first-order chi connectivity index (χ1) is 18.7. The van der Waals surface area contributed by atoms with Gasteiger partial charge in [-0.2, -0.15) is 0 Å². The van der Waals surface area contributed by atoms with E-state index < -0.39 is 98.7 Å². The van der Waals surface area contributed by atoms with Crippen molar-refractivity contribution in [2.45, 2.75) is 75.5 Å². The molecule has 1 fully saturated rings. The summed E-state index contributed by atoms with van der Waals surface area (Å²) in [7, 11) is 3.57. The number of aromatic hydroxyl groups is 4. The molecule has 5 rings (SSSR count). The molecule has 7 N–H and O–H groups in total. The lowest BCUT2D eigenvalue weighted by Gasteiger charge is -2.45. The van der Waals surface area contributed by atoms with Gasteiger partial charge in [-0.3, -0.25) is 9.59 Å². The normalized spacial score (nSPS) is 31.6. The molecule has 1 aliphatic heterocycles. The van der Waals surface area contributed by atoms with Crippen LogP contribution >= 0.6 is 0 Å². The number of phenols is 4. The standard InChI is InChI=1S/C28H33NO11/c1-5-28(38)9-14(40-15-8-11(29(3)4)22(32)10(2)39-15)18-21(27(28)37)26(36)20-19(25(18)35)23(33)16-12(30)6-7-13(31)17(16)24(20)34/h6-7,10-11,14-15,22,27,30-32,35-38H,5,8-9H2,1-4H3/t10?,11?,14-,15?,22?,27+,28+/m0/s1. The average molecular weight is 560 g/mol. The highest BCUT2D eigenvalue weighted by Gasteiger charge is 2.52. The van der Waals surface area contributed by atoms with Gasteiger partial charge in [0.25, 0.3) is 0 Å². The number of ether oxygens (including phenoxy) is 2. The van der Waals surface area contributed by atoms with Gasteiger partial charge in [0.1, 0.15) is 29.1 Å². The Kier molecular flexibility index (Phi) is 6.85. The van der Waals surface area contributed by atoms with E-state index in [-0.39, 0.29) is 30.9 Å². The number of rotatable bonds is 4. The van der Waals surface area contributed by atoms with E-state index in [2.05, 4.69) is 0 Å². The van der Waals surface area contributed by atoms with Crippen LogP contribution in [-0.2, 0) is 9.47 Å². The Morgan fingerprint density at radius 2 is 1.48 bits per heavy atom. The lowest BCUT2D eigenvalue weighted by atomic mass is 9.70. The van der Waals surface area contributed by atoms with Crippen LogP contribution in [0.5, 0.6) is 23.0 Å². The third-order valence-electron chi connectivity index (χ3n) is 8.50. The Bertz CT molecular complexity index is 1410. The van der Waals surface area contributed by atoms with Crippen LogP contribution in [0.15, 0.2) is 12.1 Å². The van der Waals surface area contributed by atoms with Gasteiger partial charge in [0.2, 0.25) is 11.6 Å². The number of hydrogen-bond donors (Lipinski definition) is 7. The number of nitrogens with zero attached hydrogens (tertiary/aromatic N) is 1. The van der Waals surface area contributed by atoms with Crippen LogP contribution in [-0.4, -0.2) is 96.4 Å². The molecule has 0 bridgehead atoms. The molecule has 7 atom stereocenters. The third kappa shape index (κ3) is 3.98. The number of ketones is 2. The lowest BCUT2D eigenvalue weighted by molar-refractivity contribution is -0.261. The molecular formula is C28H33NO11. The fraction of sp³-hybridized carbons (Fsp3) is 0.500. The number of benzene rings is 2. The van der Waals surface area contributed by atoms with Gasteiger partial charge in [-0.25, -0.2) is 0 Å². The van der Waals surface area contributed by atoms with E-state index in [0.717, 1.165) is 12.1 Å². The van der Waals surface area contributed by atoms with E-state index >= 15 is 0 Å². The average Bonchev–Trinajstić information content (AvgIpc) is 2.89. The molecule has 1 saturated heterocycles. The first-order valence-electron chi connectivity index (χ1n) is 13.0. The maximum absolute atomic E-state index is 13.5. The molecule has 3 aliphatic rings. The number of aliphatic hydroxyl groups is 3. The van der Waals surface area contributed by atoms with Gasteiger partial charge < -0.3 is 50.1 Å². The van der Waals surface area contributed by atoms with Crippen LogP contribution in [0.4, 0.5) is 0 Å². The zero-order valence-electron chi connectivity index (χ0n) is 22.5. The van der Waals surface area contributed by atoms with Crippen molar-refractivity contribution in [3.8, 4) is 23.0 Å². The summed E-state index contributed by atoms with van der Waals surface area (Å²) in [5, 5.41) is 76.7. The first kappa shape index (κ1) is 28.3. The predicted octanol–water partition coefficient (Wildman–Crippen LogP) is 1.35. The molecule has 4 unspecified atom stereocenters. The molecule has 1 heterocycles. The topological polar surface area (TPSA) is 197 Å². The van der Waals surface area contributed by atoms with E-state index in [0.29, 0.717) is 0 Å². The molecule has 12 heteroatoms. The van der Waals surface area contributed by atoms with Crippen molar-refractivity contribution in [2.24, 2.45) is 0 Å². The van der Waals surface area contributed by atoms with Crippen molar-refractivity contribution < 1.29 is 54.8 Å². The minimum Gasteiger partial charge on any atom is -0.507 e. The van der Waals surface area contributed by atoms with Gasteiger partial charge >= 0.3 is 0 Å². The van der Waals surface area contributed by atoms with Crippen molar-refractivity contribution in [1.82, 2.24) is 4.90 Å². The Morgan fingerprint density at radius 1 is 0.950 bits per heavy atom. The minimum absolute atomic E-state index is 0.00388. The fourth-order valence-corrected chi connectivity index (χ4v) is 6.17. The van der Waals surface area contributed by atoms with E-state index in [1.165, 1.54) is 0 Å². The quantitative estimate of drug-likeness (QED) is 0.227. The Morgan fingerprint density at radius 3 is 1.98 bits per heavy atom. The first-order valence-corrected chi connectivity index (χ1v) is 13.0. The summed E-state index contributed by atoms with van der Waals surface area (Å²) in [6.45, 7) is 3.27. The summed E-state index contributed by atoms with van der Waals surface area (Å²) >= 11 is 0. The van der Waals surface area contributed by atoms with Crippen molar-refractivity contribution in [3.05, 3.63) is 45.5 Å². The van der Waals surface area contributed by atoms with Crippen LogP contribution in [0.2, 0.25) is 0 Å². The van der Waals surface area contributed by atoms with Crippen LogP contribution in [0, 0.1) is 0 Å². The number of carbonyl (C=O) groups excluding carboxylic acids is 2. The minimum atomic E-state index is -1.86. The van der Waals surface area contributed by atoms with E-state index in [9.17, 15) is 45.3 Å². The van der Waals surface area contributed by atoms with E-state index in [1.54, 1.807) is 27.9 Å². The molecule has 40 heavy (non-hydrogen) atoms. The van der Waals surface area contributed by atoms with Gasteiger partial charge in [-0.1, -0.05) is 6.92 Å². The smallest absolute Gasteiger partial charge is 0.202 e. The zero-order chi connectivity index (χ0) is 29.4. The second-order valence-electron chi connectivity index (χ2n) is 11.0. The predicted molar refractivity (Wildman–Crippen MR) is 137 cm³/mol. The summed E-state index contributed by atoms with van der Waals surface area (Å²) in [6.07, 6.45) is -5.48. The number of likely N-dealkylation sites (N-methyl/N-ethyl adjacent to an activating group) is 1. The Hall–Kier alpha value is -3.26. The summed E-state index contributed by atoms with van der Waals surface area (Å²) in [5.74, 6) is -4.96. The molecule has 2 aliphatic carbocycles. The van der Waals surface area contributed by atoms with E-state index in [4.69, 9.17) is 9.47 Å². The maximum Gasteiger partial charge on any atom is 0.202 e. The molecular weight excluding hydrogens is 526 g/mol.